The third-order valence-electron chi connectivity index (χ3n) is 3.52. The maximum atomic E-state index is 12.2. The largest absolute Gasteiger partial charge is 0.497 e. The van der Waals surface area contributed by atoms with Crippen molar-refractivity contribution < 1.29 is 9.53 Å². The number of aromatic nitrogens is 4. The number of methoxy groups -OCH3 is 1. The van der Waals surface area contributed by atoms with E-state index >= 15 is 0 Å². The van der Waals surface area contributed by atoms with Crippen LogP contribution < -0.4 is 10.1 Å². The molecule has 3 rings (SSSR count). The van der Waals surface area contributed by atoms with Crippen LogP contribution in [0.3, 0.4) is 0 Å². The molecule has 0 bridgehead atoms. The van der Waals surface area contributed by atoms with Crippen molar-refractivity contribution in [1.29, 1.82) is 0 Å². The van der Waals surface area contributed by atoms with Crippen molar-refractivity contribution >= 4 is 16.8 Å². The summed E-state index contributed by atoms with van der Waals surface area (Å²) in [6, 6.07) is 7.46. The van der Waals surface area contributed by atoms with Gasteiger partial charge in [-0.2, -0.15) is 0 Å². The van der Waals surface area contributed by atoms with Crippen molar-refractivity contribution in [3.8, 4) is 5.75 Å². The maximum absolute atomic E-state index is 12.2. The van der Waals surface area contributed by atoms with Crippen molar-refractivity contribution in [3.63, 3.8) is 0 Å². The second kappa shape index (κ2) is 5.88. The number of amides is 1. The second-order valence-electron chi connectivity index (χ2n) is 4.96. The lowest BCUT2D eigenvalue weighted by atomic mass is 10.2. The summed E-state index contributed by atoms with van der Waals surface area (Å²) in [6.07, 6.45) is 1.65. The summed E-state index contributed by atoms with van der Waals surface area (Å²) in [5, 5.41) is 11.5. The molecule has 0 atom stereocenters. The molecular formula is C15H17N5O2. The molecule has 0 aliphatic carbocycles. The van der Waals surface area contributed by atoms with E-state index in [0.29, 0.717) is 18.8 Å². The Kier molecular flexibility index (Phi) is 3.78. The van der Waals surface area contributed by atoms with E-state index in [9.17, 15) is 4.79 Å². The van der Waals surface area contributed by atoms with E-state index in [1.165, 1.54) is 0 Å². The highest BCUT2D eigenvalue weighted by atomic mass is 16.5. The van der Waals surface area contributed by atoms with E-state index in [1.807, 2.05) is 35.8 Å². The summed E-state index contributed by atoms with van der Waals surface area (Å²) < 4.78 is 7.07. The van der Waals surface area contributed by atoms with Crippen molar-refractivity contribution in [1.82, 2.24) is 25.1 Å². The zero-order valence-corrected chi connectivity index (χ0v) is 12.5. The van der Waals surface area contributed by atoms with E-state index in [-0.39, 0.29) is 5.91 Å². The Balaban J connectivity index is 1.66. The highest BCUT2D eigenvalue weighted by Gasteiger charge is 2.09. The maximum Gasteiger partial charge on any atom is 0.267 e. The Morgan fingerprint density at radius 2 is 2.27 bits per heavy atom. The lowest BCUT2D eigenvalue weighted by Crippen LogP contribution is -2.27. The molecule has 7 nitrogen and oxygen atoms in total. The lowest BCUT2D eigenvalue weighted by molar-refractivity contribution is 0.0948. The topological polar surface area (TPSA) is 84.8 Å². The average Bonchev–Trinajstić information content (AvgIpc) is 3.12. The summed E-state index contributed by atoms with van der Waals surface area (Å²) in [6.45, 7) is 3.02. The summed E-state index contributed by atoms with van der Waals surface area (Å²) in [7, 11) is 1.62. The van der Waals surface area contributed by atoms with Crippen molar-refractivity contribution in [3.05, 3.63) is 42.1 Å². The minimum Gasteiger partial charge on any atom is -0.497 e. The molecule has 0 aliphatic rings. The highest BCUT2D eigenvalue weighted by molar-refractivity contribution is 5.98. The van der Waals surface area contributed by atoms with Gasteiger partial charge >= 0.3 is 0 Å². The third kappa shape index (κ3) is 2.78. The number of nitrogens with zero attached hydrogens (tertiary/aromatic N) is 3. The molecule has 0 spiro atoms. The molecule has 1 aromatic carbocycles. The van der Waals surface area contributed by atoms with E-state index in [1.54, 1.807) is 13.4 Å². The fourth-order valence-electron chi connectivity index (χ4n) is 2.28. The zero-order chi connectivity index (χ0) is 15.5. The fraction of sp³-hybridized carbons (Fsp3) is 0.267. The molecule has 0 aliphatic heterocycles. The molecule has 22 heavy (non-hydrogen) atoms. The van der Waals surface area contributed by atoms with Crippen LogP contribution in [0.4, 0.5) is 0 Å². The monoisotopic (exact) mass is 299 g/mol. The van der Waals surface area contributed by atoms with E-state index in [2.05, 4.69) is 20.5 Å². The number of hydrogen-bond donors (Lipinski definition) is 2. The number of fused-ring (bicyclic) bond motifs is 1. The molecule has 1 amide bonds. The summed E-state index contributed by atoms with van der Waals surface area (Å²) in [5.41, 5.74) is 1.43. The van der Waals surface area contributed by atoms with Crippen LogP contribution in [-0.4, -0.2) is 39.3 Å². The van der Waals surface area contributed by atoms with Gasteiger partial charge in [-0.25, -0.2) is 0 Å². The number of H-pyrrole nitrogens is 1. The number of benzene rings is 1. The van der Waals surface area contributed by atoms with E-state index < -0.39 is 0 Å². The third-order valence-corrected chi connectivity index (χ3v) is 3.52. The zero-order valence-electron chi connectivity index (χ0n) is 12.5. The second-order valence-corrected chi connectivity index (χ2v) is 4.96. The van der Waals surface area contributed by atoms with Crippen molar-refractivity contribution in [2.75, 3.05) is 13.7 Å². The summed E-state index contributed by atoms with van der Waals surface area (Å²) >= 11 is 0. The van der Waals surface area contributed by atoms with Crippen LogP contribution in [0.1, 0.15) is 16.3 Å². The van der Waals surface area contributed by atoms with Gasteiger partial charge in [-0.15, -0.1) is 10.2 Å². The molecule has 7 heteroatoms. The first kappa shape index (κ1) is 14.1. The molecule has 2 heterocycles. The SMILES string of the molecule is COc1ccc2[nH]c(C(=O)NCCn3cnnc3C)cc2c1. The van der Waals surface area contributed by atoms with E-state index in [4.69, 9.17) is 4.74 Å². The predicted octanol–water partition coefficient (Wildman–Crippen LogP) is 1.51. The van der Waals surface area contributed by atoms with Gasteiger partial charge in [0.2, 0.25) is 0 Å². The number of ether oxygens (including phenoxy) is 1. The van der Waals surface area contributed by atoms with Gasteiger partial charge in [0, 0.05) is 24.0 Å². The standard InChI is InChI=1S/C15H17N5O2/c1-10-19-17-9-20(10)6-5-16-15(21)14-8-11-7-12(22-2)3-4-13(11)18-14/h3-4,7-9,18H,5-6H2,1-2H3,(H,16,21). The van der Waals surface area contributed by atoms with Gasteiger partial charge in [0.15, 0.2) is 0 Å². The minimum atomic E-state index is -0.138. The van der Waals surface area contributed by atoms with Gasteiger partial charge in [-0.1, -0.05) is 0 Å². The Morgan fingerprint density at radius 1 is 1.41 bits per heavy atom. The van der Waals surface area contributed by atoms with Crippen LogP contribution in [0.2, 0.25) is 0 Å². The van der Waals surface area contributed by atoms with Gasteiger partial charge in [-0.3, -0.25) is 4.79 Å². The first-order valence-corrected chi connectivity index (χ1v) is 6.97. The molecule has 0 unspecified atom stereocenters. The number of nitrogens with one attached hydrogen (secondary N) is 2. The Hall–Kier alpha value is -2.83. The number of carbonyl (C=O) groups is 1. The number of hydrogen-bond acceptors (Lipinski definition) is 4. The van der Waals surface area contributed by atoms with Crippen LogP contribution in [0, 0.1) is 6.92 Å². The quantitative estimate of drug-likeness (QED) is 0.748. The normalized spacial score (nSPS) is 10.8. The number of rotatable bonds is 5. The number of aryl methyl sites for hydroxylation is 1. The van der Waals surface area contributed by atoms with Gasteiger partial charge in [0.1, 0.15) is 23.6 Å². The molecule has 114 valence electrons. The van der Waals surface area contributed by atoms with Gasteiger partial charge < -0.3 is 19.6 Å². The van der Waals surface area contributed by atoms with Crippen molar-refractivity contribution in [2.45, 2.75) is 13.5 Å². The molecule has 2 aromatic heterocycles. The molecular weight excluding hydrogens is 282 g/mol. The first-order chi connectivity index (χ1) is 10.7. The molecule has 2 N–H and O–H groups in total. The van der Waals surface area contributed by atoms with Crippen LogP contribution in [-0.2, 0) is 6.54 Å². The van der Waals surface area contributed by atoms with E-state index in [0.717, 1.165) is 22.5 Å². The Labute approximate surface area is 127 Å². The highest BCUT2D eigenvalue weighted by Crippen LogP contribution is 2.21. The van der Waals surface area contributed by atoms with Crippen molar-refractivity contribution in [2.24, 2.45) is 0 Å². The van der Waals surface area contributed by atoms with Crippen LogP contribution >= 0.6 is 0 Å². The predicted molar refractivity (Wildman–Crippen MR) is 81.9 cm³/mol. The lowest BCUT2D eigenvalue weighted by Gasteiger charge is -2.05. The first-order valence-electron chi connectivity index (χ1n) is 6.97. The summed E-state index contributed by atoms with van der Waals surface area (Å²) in [5.74, 6) is 1.45. The van der Waals surface area contributed by atoms with Gasteiger partial charge in [0.25, 0.3) is 5.91 Å². The van der Waals surface area contributed by atoms with Gasteiger partial charge in [-0.05, 0) is 31.2 Å². The fourth-order valence-corrected chi connectivity index (χ4v) is 2.28. The molecule has 0 saturated carbocycles. The van der Waals surface area contributed by atoms with Crippen LogP contribution in [0.5, 0.6) is 5.75 Å². The van der Waals surface area contributed by atoms with Crippen LogP contribution in [0.25, 0.3) is 10.9 Å². The number of aromatic amines is 1. The van der Waals surface area contributed by atoms with Gasteiger partial charge in [0.05, 0.1) is 7.11 Å². The summed E-state index contributed by atoms with van der Waals surface area (Å²) in [4.78, 5) is 15.3. The number of carbonyl (C=O) groups excluding carboxylic acids is 1. The van der Waals surface area contributed by atoms with Crippen LogP contribution in [0.15, 0.2) is 30.6 Å². The molecule has 0 saturated heterocycles. The molecule has 3 aromatic rings. The molecule has 0 radical (unpaired) electrons. The Bertz CT molecular complexity index is 805. The average molecular weight is 299 g/mol. The molecule has 0 fully saturated rings. The Morgan fingerprint density at radius 3 is 3.00 bits per heavy atom. The smallest absolute Gasteiger partial charge is 0.267 e. The minimum absolute atomic E-state index is 0.138.